The van der Waals surface area contributed by atoms with Gasteiger partial charge >= 0.3 is 0 Å². The third-order valence-corrected chi connectivity index (χ3v) is 4.28. The number of rotatable bonds is 3. The van der Waals surface area contributed by atoms with Crippen molar-refractivity contribution < 1.29 is 19.1 Å². The smallest absolute Gasteiger partial charge is 0.251 e. The number of piperazine rings is 1. The average molecular weight is 317 g/mol. The quantitative estimate of drug-likeness (QED) is 0.816. The average Bonchev–Trinajstić information content (AvgIpc) is 2.97. The molecule has 0 spiro atoms. The van der Waals surface area contributed by atoms with E-state index in [-0.39, 0.29) is 23.8 Å². The fourth-order valence-electron chi connectivity index (χ4n) is 3.09. The third-order valence-electron chi connectivity index (χ3n) is 4.28. The summed E-state index contributed by atoms with van der Waals surface area (Å²) in [5.41, 5.74) is 0.485. The number of carbonyl (C=O) groups excluding carboxylic acids is 3. The second-order valence-electron chi connectivity index (χ2n) is 5.87. The lowest BCUT2D eigenvalue weighted by Gasteiger charge is -2.32. The molecule has 0 bridgehead atoms. The highest BCUT2D eigenvalue weighted by molar-refractivity contribution is 5.98. The van der Waals surface area contributed by atoms with Gasteiger partial charge in [0.25, 0.3) is 5.91 Å². The number of hydrogen-bond donors (Lipinski definition) is 2. The topological polar surface area (TPSA) is 87.7 Å². The Morgan fingerprint density at radius 1 is 1.39 bits per heavy atom. The normalized spacial score (nSPS) is 26.5. The largest absolute Gasteiger partial charge is 0.497 e. The molecule has 122 valence electrons. The van der Waals surface area contributed by atoms with Gasteiger partial charge in [0.15, 0.2) is 0 Å². The minimum atomic E-state index is -0.508. The summed E-state index contributed by atoms with van der Waals surface area (Å²) in [5, 5.41) is 5.55. The third kappa shape index (κ3) is 2.86. The fourth-order valence-corrected chi connectivity index (χ4v) is 3.09. The lowest BCUT2D eigenvalue weighted by atomic mass is 10.1. The maximum absolute atomic E-state index is 12.3. The Morgan fingerprint density at radius 2 is 2.17 bits per heavy atom. The highest BCUT2D eigenvalue weighted by Crippen LogP contribution is 2.23. The lowest BCUT2D eigenvalue weighted by Crippen LogP contribution is -2.60. The molecule has 7 heteroatoms. The molecule has 3 amide bonds. The predicted molar refractivity (Wildman–Crippen MR) is 82.0 cm³/mol. The molecule has 2 N–H and O–H groups in total. The molecule has 2 aliphatic heterocycles. The van der Waals surface area contributed by atoms with Gasteiger partial charge in [-0.3, -0.25) is 14.4 Å². The van der Waals surface area contributed by atoms with Gasteiger partial charge in [0.2, 0.25) is 11.8 Å². The standard InChI is InChI=1S/C16H19N3O4/c1-9-16(22)19-8-11(7-13(19)15(21)17-9)18-14(20)10-4-3-5-12(6-10)23-2/h3-6,9,11,13H,7-8H2,1-2H3,(H,17,21)(H,18,20)/t9-,11+,13+/m1/s1. The molecular weight excluding hydrogens is 298 g/mol. The van der Waals surface area contributed by atoms with Crippen LogP contribution in [-0.4, -0.2) is 54.4 Å². The van der Waals surface area contributed by atoms with Crippen LogP contribution in [0.2, 0.25) is 0 Å². The van der Waals surface area contributed by atoms with Crippen molar-refractivity contribution in [2.24, 2.45) is 0 Å². The Balaban J connectivity index is 1.68. The van der Waals surface area contributed by atoms with Gasteiger partial charge in [-0.25, -0.2) is 0 Å². The molecule has 23 heavy (non-hydrogen) atoms. The number of ether oxygens (including phenoxy) is 1. The molecule has 2 saturated heterocycles. The van der Waals surface area contributed by atoms with Gasteiger partial charge in [-0.1, -0.05) is 6.07 Å². The van der Waals surface area contributed by atoms with Crippen LogP contribution in [0.25, 0.3) is 0 Å². The lowest BCUT2D eigenvalue weighted by molar-refractivity contribution is -0.146. The Kier molecular flexibility index (Phi) is 3.94. The predicted octanol–water partition coefficient (Wildman–Crippen LogP) is -0.0872. The van der Waals surface area contributed by atoms with E-state index in [1.807, 2.05) is 0 Å². The zero-order chi connectivity index (χ0) is 16.6. The summed E-state index contributed by atoms with van der Waals surface area (Å²) >= 11 is 0. The SMILES string of the molecule is COc1cccc(C(=O)N[C@H]2C[C@H]3C(=O)N[C@H](C)C(=O)N3C2)c1. The highest BCUT2D eigenvalue weighted by Gasteiger charge is 2.45. The fraction of sp³-hybridized carbons (Fsp3) is 0.438. The van der Waals surface area contributed by atoms with E-state index in [1.54, 1.807) is 36.1 Å². The number of nitrogens with zero attached hydrogens (tertiary/aromatic N) is 1. The molecule has 1 aromatic carbocycles. The second-order valence-corrected chi connectivity index (χ2v) is 5.87. The van der Waals surface area contributed by atoms with Gasteiger partial charge < -0.3 is 20.3 Å². The number of amides is 3. The van der Waals surface area contributed by atoms with Crippen LogP contribution in [-0.2, 0) is 9.59 Å². The summed E-state index contributed by atoms with van der Waals surface area (Å²) in [5.74, 6) is 0.0995. The first kappa shape index (κ1) is 15.3. The molecule has 0 aromatic heterocycles. The maximum Gasteiger partial charge on any atom is 0.251 e. The zero-order valence-electron chi connectivity index (χ0n) is 13.0. The molecule has 7 nitrogen and oxygen atoms in total. The van der Waals surface area contributed by atoms with Crippen molar-refractivity contribution in [3.8, 4) is 5.75 Å². The number of nitrogens with one attached hydrogen (secondary N) is 2. The molecular formula is C16H19N3O4. The summed E-state index contributed by atoms with van der Waals surface area (Å²) in [4.78, 5) is 38.0. The molecule has 2 aliphatic rings. The van der Waals surface area contributed by atoms with E-state index in [9.17, 15) is 14.4 Å². The van der Waals surface area contributed by atoms with Gasteiger partial charge in [0.05, 0.1) is 7.11 Å². The molecule has 2 heterocycles. The minimum Gasteiger partial charge on any atom is -0.497 e. The van der Waals surface area contributed by atoms with Crippen LogP contribution in [0.15, 0.2) is 24.3 Å². The van der Waals surface area contributed by atoms with E-state index in [2.05, 4.69) is 10.6 Å². The number of methoxy groups -OCH3 is 1. The summed E-state index contributed by atoms with van der Waals surface area (Å²) in [6, 6.07) is 5.61. The van der Waals surface area contributed by atoms with Crippen molar-refractivity contribution in [2.75, 3.05) is 13.7 Å². The van der Waals surface area contributed by atoms with Crippen LogP contribution in [0, 0.1) is 0 Å². The summed E-state index contributed by atoms with van der Waals surface area (Å²) in [6.45, 7) is 2.02. The molecule has 0 unspecified atom stereocenters. The molecule has 0 saturated carbocycles. The van der Waals surface area contributed by atoms with Crippen LogP contribution in [0.4, 0.5) is 0 Å². The number of fused-ring (bicyclic) bond motifs is 1. The Hall–Kier alpha value is -2.57. The van der Waals surface area contributed by atoms with Crippen molar-refractivity contribution in [2.45, 2.75) is 31.5 Å². The van der Waals surface area contributed by atoms with Crippen molar-refractivity contribution in [1.29, 1.82) is 0 Å². The van der Waals surface area contributed by atoms with Gasteiger partial charge in [-0.05, 0) is 31.5 Å². The van der Waals surface area contributed by atoms with Crippen LogP contribution in [0.1, 0.15) is 23.7 Å². The van der Waals surface area contributed by atoms with Gasteiger partial charge in [-0.2, -0.15) is 0 Å². The Morgan fingerprint density at radius 3 is 2.91 bits per heavy atom. The second kappa shape index (κ2) is 5.91. The van der Waals surface area contributed by atoms with E-state index < -0.39 is 12.1 Å². The first-order valence-corrected chi connectivity index (χ1v) is 7.55. The van der Waals surface area contributed by atoms with E-state index >= 15 is 0 Å². The van der Waals surface area contributed by atoms with Crippen LogP contribution in [0.5, 0.6) is 5.75 Å². The first-order chi connectivity index (χ1) is 11.0. The van der Waals surface area contributed by atoms with Crippen LogP contribution >= 0.6 is 0 Å². The number of benzene rings is 1. The van der Waals surface area contributed by atoms with Crippen molar-refractivity contribution in [3.63, 3.8) is 0 Å². The van der Waals surface area contributed by atoms with E-state index in [4.69, 9.17) is 4.74 Å². The van der Waals surface area contributed by atoms with E-state index in [0.717, 1.165) is 0 Å². The van der Waals surface area contributed by atoms with Gasteiger partial charge in [0.1, 0.15) is 17.8 Å². The van der Waals surface area contributed by atoms with Crippen LogP contribution in [0.3, 0.4) is 0 Å². The number of hydrogen-bond acceptors (Lipinski definition) is 4. The Bertz CT molecular complexity index is 660. The maximum atomic E-state index is 12.3. The molecule has 3 rings (SSSR count). The number of carbonyl (C=O) groups is 3. The summed E-state index contributed by atoms with van der Waals surface area (Å²) < 4.78 is 5.11. The van der Waals surface area contributed by atoms with Crippen molar-refractivity contribution in [3.05, 3.63) is 29.8 Å². The van der Waals surface area contributed by atoms with Crippen molar-refractivity contribution >= 4 is 17.7 Å². The van der Waals surface area contributed by atoms with Gasteiger partial charge in [-0.15, -0.1) is 0 Å². The van der Waals surface area contributed by atoms with Crippen LogP contribution < -0.4 is 15.4 Å². The molecule has 3 atom stereocenters. The summed E-state index contributed by atoms with van der Waals surface area (Å²) in [7, 11) is 1.54. The molecule has 0 radical (unpaired) electrons. The molecule has 0 aliphatic carbocycles. The zero-order valence-corrected chi connectivity index (χ0v) is 13.0. The summed E-state index contributed by atoms with van der Waals surface area (Å²) in [6.07, 6.45) is 0.431. The Labute approximate surface area is 134 Å². The highest BCUT2D eigenvalue weighted by atomic mass is 16.5. The monoisotopic (exact) mass is 317 g/mol. The van der Waals surface area contributed by atoms with Gasteiger partial charge in [0, 0.05) is 18.2 Å². The van der Waals surface area contributed by atoms with Crippen molar-refractivity contribution in [1.82, 2.24) is 15.5 Å². The minimum absolute atomic E-state index is 0.104. The van der Waals surface area contributed by atoms with E-state index in [1.165, 1.54) is 7.11 Å². The van der Waals surface area contributed by atoms with E-state index in [0.29, 0.717) is 24.3 Å². The molecule has 2 fully saturated rings. The molecule has 1 aromatic rings. The first-order valence-electron chi connectivity index (χ1n) is 7.55.